The van der Waals surface area contributed by atoms with Crippen molar-refractivity contribution in [3.63, 3.8) is 0 Å². The highest BCUT2D eigenvalue weighted by Crippen LogP contribution is 2.35. The number of ether oxygens (including phenoxy) is 6. The van der Waals surface area contributed by atoms with Crippen LogP contribution in [0.25, 0.3) is 0 Å². The predicted molar refractivity (Wildman–Crippen MR) is 218 cm³/mol. The van der Waals surface area contributed by atoms with E-state index in [1.54, 1.807) is 42.5 Å². The van der Waals surface area contributed by atoms with Gasteiger partial charge in [0.2, 0.25) is 0 Å². The summed E-state index contributed by atoms with van der Waals surface area (Å²) in [6.45, 7) is -0.390. The van der Waals surface area contributed by atoms with Crippen molar-refractivity contribution in [1.29, 1.82) is 0 Å². The molecule has 62 heavy (non-hydrogen) atoms. The van der Waals surface area contributed by atoms with E-state index in [1.165, 1.54) is 0 Å². The first-order valence-electron chi connectivity index (χ1n) is 20.3. The molecular weight excluding hydrogens is 837 g/mol. The Balaban J connectivity index is 1.06. The molecule has 3 aliphatic heterocycles. The van der Waals surface area contributed by atoms with Gasteiger partial charge in [0.1, 0.15) is 67.1 Å². The van der Waals surface area contributed by atoms with Gasteiger partial charge in [0, 0.05) is 60.5 Å². The van der Waals surface area contributed by atoms with Gasteiger partial charge in [-0.15, -0.1) is 0 Å². The number of nitrogens with two attached hydrogens (primary N) is 6. The zero-order valence-corrected chi connectivity index (χ0v) is 34.2. The molecule has 3 saturated heterocycles. The molecule has 20 N–H and O–H groups in total. The molecule has 7 rings (SSSR count). The summed E-state index contributed by atoms with van der Waals surface area (Å²) in [5.74, 6) is -0.518. The number of aliphatic hydroxyl groups excluding tert-OH is 6. The standard InChI is InChI=1S/C39H56N8O14S/c40-9-20-28(51)30(53)23(44)36(56-20)59-33-19(43)8-18(42)27(50)35(33)61-38-32(55)34(60-37-24(45)31(54)29(52)21(10-41)57-37)22(58-38)12-47-39(62)46-11-13-5-6-16-17(7-13)26(49)15-4-2-1-3-14(15)25(16)48/h1-7,18-24,27-38,50-55H,8-12,40-45H2,(H2,46,47,62)/t18-,19+,20-,21?,22-,23-,24-,27+,28-,29-,30-,31-,32-,33-,34-,35-,36-,37-,38+/m1/s1. The van der Waals surface area contributed by atoms with Gasteiger partial charge in [0.15, 0.2) is 35.5 Å². The van der Waals surface area contributed by atoms with Crippen molar-refractivity contribution < 1.29 is 68.6 Å². The summed E-state index contributed by atoms with van der Waals surface area (Å²) < 4.78 is 36.3. The lowest BCUT2D eigenvalue weighted by Gasteiger charge is -2.47. The third-order valence-electron chi connectivity index (χ3n) is 12.1. The maximum Gasteiger partial charge on any atom is 0.194 e. The van der Waals surface area contributed by atoms with E-state index in [2.05, 4.69) is 10.6 Å². The number of fused-ring (bicyclic) bond motifs is 2. The van der Waals surface area contributed by atoms with E-state index in [9.17, 15) is 40.2 Å². The molecular formula is C39H56N8O14S. The highest BCUT2D eigenvalue weighted by atomic mass is 32.1. The molecule has 22 nitrogen and oxygen atoms in total. The summed E-state index contributed by atoms with van der Waals surface area (Å²) in [6.07, 6.45) is -20.5. The molecule has 0 aromatic heterocycles. The monoisotopic (exact) mass is 892 g/mol. The quantitative estimate of drug-likeness (QED) is 0.0752. The number of hydrogen-bond acceptors (Lipinski definition) is 21. The molecule has 0 bridgehead atoms. The maximum atomic E-state index is 13.3. The van der Waals surface area contributed by atoms with Crippen molar-refractivity contribution in [1.82, 2.24) is 10.6 Å². The van der Waals surface area contributed by atoms with Crippen molar-refractivity contribution in [2.24, 2.45) is 34.4 Å². The summed E-state index contributed by atoms with van der Waals surface area (Å²) >= 11 is 5.55. The largest absolute Gasteiger partial charge is 0.389 e. The van der Waals surface area contributed by atoms with E-state index >= 15 is 0 Å². The van der Waals surface area contributed by atoms with Crippen LogP contribution in [-0.4, -0.2) is 183 Å². The Hall–Kier alpha value is -3.25. The van der Waals surface area contributed by atoms with E-state index in [0.717, 1.165) is 0 Å². The lowest BCUT2D eigenvalue weighted by atomic mass is 9.83. The van der Waals surface area contributed by atoms with Gasteiger partial charge in [-0.3, -0.25) is 9.59 Å². The number of carbonyl (C=O) groups excluding carboxylic acids is 2. The average Bonchev–Trinajstić information content (AvgIpc) is 3.56. The maximum absolute atomic E-state index is 13.3. The van der Waals surface area contributed by atoms with Crippen LogP contribution in [0.1, 0.15) is 43.8 Å². The second-order valence-corrected chi connectivity index (χ2v) is 16.6. The number of rotatable bonds is 12. The second kappa shape index (κ2) is 19.5. The number of thiocarbonyl (C=S) groups is 1. The fraction of sp³-hybridized carbons (Fsp3) is 0.615. The third-order valence-corrected chi connectivity index (χ3v) is 12.4. The van der Waals surface area contributed by atoms with Crippen LogP contribution in [0.4, 0.5) is 0 Å². The van der Waals surface area contributed by atoms with Gasteiger partial charge >= 0.3 is 0 Å². The van der Waals surface area contributed by atoms with Gasteiger partial charge < -0.3 is 104 Å². The minimum atomic E-state index is -1.66. The topological polar surface area (TPSA) is 391 Å². The number of nitrogens with one attached hydrogen (secondary N) is 2. The Labute approximate surface area is 361 Å². The smallest absolute Gasteiger partial charge is 0.194 e. The minimum absolute atomic E-state index is 0.0528. The molecule has 2 aromatic rings. The lowest BCUT2D eigenvalue weighted by Crippen LogP contribution is -2.68. The van der Waals surface area contributed by atoms with Gasteiger partial charge in [0.05, 0.1) is 18.2 Å². The molecule has 4 fully saturated rings. The Kier molecular flexibility index (Phi) is 14.7. The fourth-order valence-electron chi connectivity index (χ4n) is 8.45. The van der Waals surface area contributed by atoms with E-state index in [1.807, 2.05) is 0 Å². The number of benzene rings is 2. The molecule has 2 aliphatic carbocycles. The Bertz CT molecular complexity index is 1940. The molecule has 19 atom stereocenters. The van der Waals surface area contributed by atoms with Crippen molar-refractivity contribution >= 4 is 28.9 Å². The third kappa shape index (κ3) is 9.16. The molecule has 0 amide bonds. The van der Waals surface area contributed by atoms with Crippen molar-refractivity contribution in [2.75, 3.05) is 19.6 Å². The van der Waals surface area contributed by atoms with Crippen LogP contribution in [0.15, 0.2) is 42.5 Å². The summed E-state index contributed by atoms with van der Waals surface area (Å²) in [7, 11) is 0. The van der Waals surface area contributed by atoms with Gasteiger partial charge in [0.25, 0.3) is 0 Å². The highest BCUT2D eigenvalue weighted by molar-refractivity contribution is 7.80. The number of carbonyl (C=O) groups is 2. The van der Waals surface area contributed by atoms with Crippen LogP contribution < -0.4 is 45.0 Å². The number of aliphatic hydroxyl groups is 6. The molecule has 0 spiro atoms. The van der Waals surface area contributed by atoms with Crippen LogP contribution in [0.5, 0.6) is 0 Å². The summed E-state index contributed by atoms with van der Waals surface area (Å²) in [6, 6.07) is 7.15. The lowest BCUT2D eigenvalue weighted by molar-refractivity contribution is -0.306. The SMILES string of the molecule is NCC1O[C@H](O[C@H]2[C@@H](O)[C@H](O[C@@H]3[C@@H](O)[C@H](N)C[C@H](N)[C@H]3O[C@H]3O[C@H](CN)[C@@H](O)[C@H](O)[C@H]3N)O[C@@H]2CNC(=S)NCc2ccc3c(c2)C(=O)c2ccccc2C3=O)[C@H](N)[C@@H](O)[C@@H]1O. The molecule has 1 saturated carbocycles. The molecule has 5 aliphatic rings. The minimum Gasteiger partial charge on any atom is -0.389 e. The number of hydrogen-bond donors (Lipinski definition) is 14. The van der Waals surface area contributed by atoms with Crippen LogP contribution in [0, 0.1) is 0 Å². The Morgan fingerprint density at radius 2 is 1.13 bits per heavy atom. The predicted octanol–water partition coefficient (Wildman–Crippen LogP) is -6.45. The van der Waals surface area contributed by atoms with Crippen molar-refractivity contribution in [2.45, 2.75) is 129 Å². The molecule has 23 heteroatoms. The first-order chi connectivity index (χ1) is 29.5. The van der Waals surface area contributed by atoms with Gasteiger partial charge in [-0.25, -0.2) is 0 Å². The highest BCUT2D eigenvalue weighted by Gasteiger charge is 2.54. The van der Waals surface area contributed by atoms with Crippen molar-refractivity contribution in [3.05, 3.63) is 70.3 Å². The summed E-state index contributed by atoms with van der Waals surface area (Å²) in [5, 5.41) is 71.4. The second-order valence-electron chi connectivity index (χ2n) is 16.2. The Morgan fingerprint density at radius 3 is 1.71 bits per heavy atom. The zero-order chi connectivity index (χ0) is 44.7. The van der Waals surface area contributed by atoms with E-state index < -0.39 is 116 Å². The summed E-state index contributed by atoms with van der Waals surface area (Å²) in [5.41, 5.74) is 38.5. The molecule has 1 unspecified atom stereocenters. The molecule has 3 heterocycles. The normalized spacial score (nSPS) is 40.7. The van der Waals surface area contributed by atoms with Crippen LogP contribution in [0.3, 0.4) is 0 Å². The first kappa shape index (κ1) is 46.7. The van der Waals surface area contributed by atoms with Gasteiger partial charge in [-0.2, -0.15) is 0 Å². The van der Waals surface area contributed by atoms with Crippen LogP contribution in [-0.2, 0) is 35.0 Å². The van der Waals surface area contributed by atoms with Gasteiger partial charge in [-0.05, 0) is 36.3 Å². The fourth-order valence-corrected chi connectivity index (χ4v) is 8.61. The van der Waals surface area contributed by atoms with Gasteiger partial charge in [-0.1, -0.05) is 30.3 Å². The van der Waals surface area contributed by atoms with E-state index in [0.29, 0.717) is 22.3 Å². The van der Waals surface area contributed by atoms with Crippen LogP contribution >= 0.6 is 12.2 Å². The van der Waals surface area contributed by atoms with Crippen molar-refractivity contribution in [3.8, 4) is 0 Å². The van der Waals surface area contributed by atoms with Crippen LogP contribution in [0.2, 0.25) is 0 Å². The zero-order valence-electron chi connectivity index (χ0n) is 33.4. The first-order valence-corrected chi connectivity index (χ1v) is 20.7. The summed E-state index contributed by atoms with van der Waals surface area (Å²) in [4.78, 5) is 26.3. The molecule has 342 valence electrons. The molecule has 0 radical (unpaired) electrons. The van der Waals surface area contributed by atoms with E-state index in [-0.39, 0.29) is 54.8 Å². The Morgan fingerprint density at radius 1 is 0.613 bits per heavy atom. The molecule has 2 aromatic carbocycles. The van der Waals surface area contributed by atoms with E-state index in [4.69, 9.17) is 75.0 Å². The number of ketones is 2. The average molecular weight is 893 g/mol.